The lowest BCUT2D eigenvalue weighted by Crippen LogP contribution is -1.91. The Hall–Kier alpha value is -1.77. The smallest absolute Gasteiger partial charge is 0.123 e. The number of rotatable bonds is 1. The molecule has 3 heteroatoms. The van der Waals surface area contributed by atoms with Gasteiger partial charge in [0.15, 0.2) is 0 Å². The van der Waals surface area contributed by atoms with Gasteiger partial charge in [-0.05, 0) is 24.6 Å². The zero-order valence-electron chi connectivity index (χ0n) is 7.32. The number of nitrogen functional groups attached to an aromatic ring is 1. The van der Waals surface area contributed by atoms with Gasteiger partial charge in [0.05, 0.1) is 12.5 Å². The van der Waals surface area contributed by atoms with Gasteiger partial charge in [-0.2, -0.15) is 0 Å². The molecule has 3 nitrogen and oxygen atoms in total. The van der Waals surface area contributed by atoms with E-state index in [1.807, 2.05) is 19.1 Å². The molecule has 13 heavy (non-hydrogen) atoms. The Labute approximate surface area is 76.2 Å². The minimum Gasteiger partial charge on any atom is -0.472 e. The van der Waals surface area contributed by atoms with Crippen molar-refractivity contribution >= 4 is 5.82 Å². The second kappa shape index (κ2) is 2.94. The van der Waals surface area contributed by atoms with Crippen LogP contribution < -0.4 is 5.73 Å². The monoisotopic (exact) mass is 174 g/mol. The standard InChI is InChI=1S/C10H10N2O/c1-7-4-10(11)12-5-9(7)8-2-3-13-6-8/h2-6H,1H3,(H2,11,12). The average Bonchev–Trinajstić information content (AvgIpc) is 2.56. The Morgan fingerprint density at radius 3 is 2.92 bits per heavy atom. The SMILES string of the molecule is Cc1cc(N)ncc1-c1ccoc1. The van der Waals surface area contributed by atoms with E-state index in [0.717, 1.165) is 16.7 Å². The summed E-state index contributed by atoms with van der Waals surface area (Å²) >= 11 is 0. The summed E-state index contributed by atoms with van der Waals surface area (Å²) in [6.07, 6.45) is 5.10. The first-order valence-corrected chi connectivity index (χ1v) is 4.02. The van der Waals surface area contributed by atoms with Crippen LogP contribution in [0.2, 0.25) is 0 Å². The van der Waals surface area contributed by atoms with Crippen LogP contribution >= 0.6 is 0 Å². The molecule has 0 aliphatic carbocycles. The maximum Gasteiger partial charge on any atom is 0.123 e. The van der Waals surface area contributed by atoms with Crippen molar-refractivity contribution < 1.29 is 4.42 Å². The van der Waals surface area contributed by atoms with Crippen LogP contribution in [-0.2, 0) is 0 Å². The van der Waals surface area contributed by atoms with Gasteiger partial charge in [-0.1, -0.05) is 0 Å². The maximum absolute atomic E-state index is 5.55. The van der Waals surface area contributed by atoms with E-state index < -0.39 is 0 Å². The van der Waals surface area contributed by atoms with Crippen molar-refractivity contribution in [1.29, 1.82) is 0 Å². The first kappa shape index (κ1) is 7.86. The summed E-state index contributed by atoms with van der Waals surface area (Å²) < 4.78 is 5.00. The molecule has 0 bridgehead atoms. The molecule has 66 valence electrons. The number of pyridine rings is 1. The average molecular weight is 174 g/mol. The Morgan fingerprint density at radius 2 is 2.31 bits per heavy atom. The molecule has 2 aromatic heterocycles. The Morgan fingerprint density at radius 1 is 1.46 bits per heavy atom. The third-order valence-corrected chi connectivity index (χ3v) is 1.96. The van der Waals surface area contributed by atoms with Crippen LogP contribution in [0.15, 0.2) is 35.3 Å². The van der Waals surface area contributed by atoms with Crippen LogP contribution in [-0.4, -0.2) is 4.98 Å². The van der Waals surface area contributed by atoms with E-state index in [2.05, 4.69) is 4.98 Å². The minimum absolute atomic E-state index is 0.546. The minimum atomic E-state index is 0.546. The molecule has 0 atom stereocenters. The lowest BCUT2D eigenvalue weighted by Gasteiger charge is -2.02. The highest BCUT2D eigenvalue weighted by atomic mass is 16.3. The number of hydrogen-bond donors (Lipinski definition) is 1. The third kappa shape index (κ3) is 1.40. The second-order valence-electron chi connectivity index (χ2n) is 2.94. The van der Waals surface area contributed by atoms with E-state index in [9.17, 15) is 0 Å². The first-order chi connectivity index (χ1) is 6.27. The molecule has 0 saturated carbocycles. The molecule has 0 aliphatic rings. The summed E-state index contributed by atoms with van der Waals surface area (Å²) in [5.41, 5.74) is 8.74. The molecule has 0 aromatic carbocycles. The zero-order chi connectivity index (χ0) is 9.26. The number of anilines is 1. The highest BCUT2D eigenvalue weighted by Gasteiger charge is 2.03. The molecule has 2 aromatic rings. The van der Waals surface area contributed by atoms with E-state index in [1.165, 1.54) is 0 Å². The summed E-state index contributed by atoms with van der Waals surface area (Å²) in [5, 5.41) is 0. The van der Waals surface area contributed by atoms with Crippen molar-refractivity contribution in [2.75, 3.05) is 5.73 Å². The molecule has 0 saturated heterocycles. The van der Waals surface area contributed by atoms with Crippen LogP contribution in [0.5, 0.6) is 0 Å². The fourth-order valence-corrected chi connectivity index (χ4v) is 1.30. The highest BCUT2D eigenvalue weighted by molar-refractivity contribution is 5.66. The molecule has 2 N–H and O–H groups in total. The lowest BCUT2D eigenvalue weighted by atomic mass is 10.1. The predicted octanol–water partition coefficient (Wildman–Crippen LogP) is 2.23. The van der Waals surface area contributed by atoms with Gasteiger partial charge in [-0.15, -0.1) is 0 Å². The number of furan rings is 1. The van der Waals surface area contributed by atoms with Crippen molar-refractivity contribution in [2.45, 2.75) is 6.92 Å². The summed E-state index contributed by atoms with van der Waals surface area (Å²) in [4.78, 5) is 4.03. The molecule has 0 fully saturated rings. The van der Waals surface area contributed by atoms with Crippen molar-refractivity contribution in [3.8, 4) is 11.1 Å². The summed E-state index contributed by atoms with van der Waals surface area (Å²) in [6, 6.07) is 3.75. The molecular formula is C10H10N2O. The van der Waals surface area contributed by atoms with Crippen molar-refractivity contribution in [3.63, 3.8) is 0 Å². The van der Waals surface area contributed by atoms with E-state index in [0.29, 0.717) is 5.82 Å². The lowest BCUT2D eigenvalue weighted by molar-refractivity contribution is 0.568. The summed E-state index contributed by atoms with van der Waals surface area (Å²) in [7, 11) is 0. The largest absolute Gasteiger partial charge is 0.472 e. The Kier molecular flexibility index (Phi) is 1.77. The van der Waals surface area contributed by atoms with Gasteiger partial charge >= 0.3 is 0 Å². The Balaban J connectivity index is 2.53. The maximum atomic E-state index is 5.55. The van der Waals surface area contributed by atoms with Gasteiger partial charge in [-0.25, -0.2) is 4.98 Å². The molecule has 0 aliphatic heterocycles. The van der Waals surface area contributed by atoms with E-state index in [4.69, 9.17) is 10.2 Å². The molecular weight excluding hydrogens is 164 g/mol. The number of nitrogens with zero attached hydrogens (tertiary/aromatic N) is 1. The molecule has 0 spiro atoms. The molecule has 0 radical (unpaired) electrons. The zero-order valence-corrected chi connectivity index (χ0v) is 7.32. The Bertz CT molecular complexity index is 407. The molecule has 2 rings (SSSR count). The van der Waals surface area contributed by atoms with Crippen LogP contribution in [0.25, 0.3) is 11.1 Å². The second-order valence-corrected chi connectivity index (χ2v) is 2.94. The number of aromatic nitrogens is 1. The third-order valence-electron chi connectivity index (χ3n) is 1.96. The summed E-state index contributed by atoms with van der Waals surface area (Å²) in [6.45, 7) is 2.00. The molecule has 2 heterocycles. The van der Waals surface area contributed by atoms with Crippen LogP contribution in [0.3, 0.4) is 0 Å². The van der Waals surface area contributed by atoms with Crippen molar-refractivity contribution in [1.82, 2.24) is 4.98 Å². The van der Waals surface area contributed by atoms with Gasteiger partial charge in [0.25, 0.3) is 0 Å². The van der Waals surface area contributed by atoms with E-state index >= 15 is 0 Å². The normalized spacial score (nSPS) is 10.2. The van der Waals surface area contributed by atoms with Gasteiger partial charge in [0, 0.05) is 17.3 Å². The van der Waals surface area contributed by atoms with E-state index in [-0.39, 0.29) is 0 Å². The molecule has 0 amide bonds. The number of nitrogens with two attached hydrogens (primary N) is 1. The van der Waals surface area contributed by atoms with Gasteiger partial charge in [-0.3, -0.25) is 0 Å². The fourth-order valence-electron chi connectivity index (χ4n) is 1.30. The summed E-state index contributed by atoms with van der Waals surface area (Å²) in [5.74, 6) is 0.546. The highest BCUT2D eigenvalue weighted by Crippen LogP contribution is 2.23. The fraction of sp³-hybridized carbons (Fsp3) is 0.100. The van der Waals surface area contributed by atoms with Crippen molar-refractivity contribution in [3.05, 3.63) is 36.4 Å². The van der Waals surface area contributed by atoms with Gasteiger partial charge in [0.1, 0.15) is 5.82 Å². The van der Waals surface area contributed by atoms with Crippen molar-refractivity contribution in [2.24, 2.45) is 0 Å². The first-order valence-electron chi connectivity index (χ1n) is 4.02. The number of hydrogen-bond acceptors (Lipinski definition) is 3. The van der Waals surface area contributed by atoms with Crippen LogP contribution in [0.1, 0.15) is 5.56 Å². The van der Waals surface area contributed by atoms with E-state index in [1.54, 1.807) is 18.7 Å². The van der Waals surface area contributed by atoms with Crippen LogP contribution in [0, 0.1) is 6.92 Å². The van der Waals surface area contributed by atoms with Gasteiger partial charge in [0.2, 0.25) is 0 Å². The molecule has 0 unspecified atom stereocenters. The van der Waals surface area contributed by atoms with Gasteiger partial charge < -0.3 is 10.2 Å². The number of aryl methyl sites for hydroxylation is 1. The topological polar surface area (TPSA) is 52.0 Å². The quantitative estimate of drug-likeness (QED) is 0.721. The van der Waals surface area contributed by atoms with Crippen LogP contribution in [0.4, 0.5) is 5.82 Å². The predicted molar refractivity (Wildman–Crippen MR) is 51.1 cm³/mol.